The van der Waals surface area contributed by atoms with Crippen LogP contribution in [0, 0.1) is 0 Å². The smallest absolute Gasteiger partial charge is 0.279 e. The molecule has 18 heavy (non-hydrogen) atoms. The first kappa shape index (κ1) is 14.5. The summed E-state index contributed by atoms with van der Waals surface area (Å²) in [6, 6.07) is 6.95. The molecule has 1 atom stereocenters. The second-order valence-corrected chi connectivity index (χ2v) is 4.20. The highest BCUT2D eigenvalue weighted by atomic mass is 35.5. The fourth-order valence-corrected chi connectivity index (χ4v) is 1.30. The summed E-state index contributed by atoms with van der Waals surface area (Å²) in [6.45, 7) is 1.61. The van der Waals surface area contributed by atoms with Crippen molar-refractivity contribution in [2.75, 3.05) is 7.05 Å². The van der Waals surface area contributed by atoms with Gasteiger partial charge in [0.2, 0.25) is 0 Å². The standard InChI is InChI=1S/C11H14ClN3O2S/c1-7(10(16)14-15-11(18)13-2)17-9-6-4-3-5-8(9)12/h3-7H,1-2H3,(H,14,16)(H2,13,15,18)/t7-/m0/s1. The van der Waals surface area contributed by atoms with Crippen LogP contribution < -0.4 is 20.9 Å². The molecule has 0 saturated heterocycles. The van der Waals surface area contributed by atoms with Crippen LogP contribution in [-0.2, 0) is 4.79 Å². The number of ether oxygens (including phenoxy) is 1. The molecule has 1 aromatic carbocycles. The van der Waals surface area contributed by atoms with Gasteiger partial charge in [-0.15, -0.1) is 0 Å². The summed E-state index contributed by atoms with van der Waals surface area (Å²) in [4.78, 5) is 11.6. The molecule has 1 rings (SSSR count). The van der Waals surface area contributed by atoms with E-state index in [1.165, 1.54) is 0 Å². The van der Waals surface area contributed by atoms with Crippen molar-refractivity contribution in [1.29, 1.82) is 0 Å². The Morgan fingerprint density at radius 2 is 2.06 bits per heavy atom. The van der Waals surface area contributed by atoms with Crippen molar-refractivity contribution in [3.05, 3.63) is 29.3 Å². The fraction of sp³-hybridized carbons (Fsp3) is 0.273. The van der Waals surface area contributed by atoms with Gasteiger partial charge in [-0.3, -0.25) is 15.6 Å². The Hall–Kier alpha value is -1.53. The number of halogens is 1. The number of hydrazine groups is 1. The van der Waals surface area contributed by atoms with Gasteiger partial charge in [-0.1, -0.05) is 23.7 Å². The summed E-state index contributed by atoms with van der Waals surface area (Å²) in [5.74, 6) is 0.102. The lowest BCUT2D eigenvalue weighted by Crippen LogP contribution is -2.49. The summed E-state index contributed by atoms with van der Waals surface area (Å²) in [6.07, 6.45) is -0.697. The quantitative estimate of drug-likeness (QED) is 0.577. The van der Waals surface area contributed by atoms with E-state index in [4.69, 9.17) is 28.6 Å². The molecule has 0 bridgehead atoms. The third kappa shape index (κ3) is 4.38. The second kappa shape index (κ2) is 7.03. The van der Waals surface area contributed by atoms with Gasteiger partial charge in [-0.2, -0.15) is 0 Å². The van der Waals surface area contributed by atoms with Crippen LogP contribution >= 0.6 is 23.8 Å². The van der Waals surface area contributed by atoms with E-state index in [9.17, 15) is 4.79 Å². The van der Waals surface area contributed by atoms with E-state index in [1.807, 2.05) is 0 Å². The summed E-state index contributed by atoms with van der Waals surface area (Å²) in [5, 5.41) is 3.43. The molecule has 0 aliphatic carbocycles. The van der Waals surface area contributed by atoms with E-state index in [0.717, 1.165) is 0 Å². The van der Waals surface area contributed by atoms with Crippen LogP contribution in [0.2, 0.25) is 5.02 Å². The van der Waals surface area contributed by atoms with Crippen molar-refractivity contribution in [1.82, 2.24) is 16.2 Å². The summed E-state index contributed by atoms with van der Waals surface area (Å²) < 4.78 is 5.43. The lowest BCUT2D eigenvalue weighted by molar-refractivity contribution is -0.127. The number of carbonyl (C=O) groups excluding carboxylic acids is 1. The molecule has 1 aromatic rings. The molecule has 0 heterocycles. The predicted molar refractivity (Wildman–Crippen MR) is 74.5 cm³/mol. The zero-order chi connectivity index (χ0) is 13.5. The second-order valence-electron chi connectivity index (χ2n) is 3.38. The molecule has 0 aromatic heterocycles. The largest absolute Gasteiger partial charge is 0.479 e. The molecular formula is C11H14ClN3O2S. The lowest BCUT2D eigenvalue weighted by atomic mass is 10.3. The molecule has 0 radical (unpaired) electrons. The van der Waals surface area contributed by atoms with Gasteiger partial charge in [0.25, 0.3) is 5.91 Å². The zero-order valence-electron chi connectivity index (χ0n) is 9.99. The SMILES string of the molecule is CNC(=S)NNC(=O)[C@H](C)Oc1ccccc1Cl. The minimum Gasteiger partial charge on any atom is -0.479 e. The van der Waals surface area contributed by atoms with Crippen molar-refractivity contribution >= 4 is 34.8 Å². The van der Waals surface area contributed by atoms with Crippen LogP contribution in [0.25, 0.3) is 0 Å². The number of carbonyl (C=O) groups is 1. The predicted octanol–water partition coefficient (Wildman–Crippen LogP) is 1.23. The van der Waals surface area contributed by atoms with Crippen molar-refractivity contribution in [3.8, 4) is 5.75 Å². The summed E-state index contributed by atoms with van der Waals surface area (Å²) in [5.41, 5.74) is 4.93. The number of benzene rings is 1. The first-order chi connectivity index (χ1) is 8.54. The fourth-order valence-electron chi connectivity index (χ4n) is 1.07. The molecule has 0 saturated carbocycles. The molecule has 98 valence electrons. The monoisotopic (exact) mass is 287 g/mol. The average molecular weight is 288 g/mol. The van der Waals surface area contributed by atoms with Crippen molar-refractivity contribution in [2.45, 2.75) is 13.0 Å². The summed E-state index contributed by atoms with van der Waals surface area (Å²) >= 11 is 10.7. The topological polar surface area (TPSA) is 62.4 Å². The molecule has 1 amide bonds. The van der Waals surface area contributed by atoms with E-state index in [0.29, 0.717) is 15.9 Å². The van der Waals surface area contributed by atoms with Gasteiger partial charge in [-0.25, -0.2) is 0 Å². The van der Waals surface area contributed by atoms with Gasteiger partial charge in [0.15, 0.2) is 11.2 Å². The van der Waals surface area contributed by atoms with Crippen molar-refractivity contribution in [3.63, 3.8) is 0 Å². The van der Waals surface area contributed by atoms with Crippen LogP contribution in [-0.4, -0.2) is 24.2 Å². The molecule has 5 nitrogen and oxygen atoms in total. The molecule has 0 aliphatic rings. The van der Waals surface area contributed by atoms with Crippen LogP contribution in [0.5, 0.6) is 5.75 Å². The van der Waals surface area contributed by atoms with Gasteiger partial charge >= 0.3 is 0 Å². The van der Waals surface area contributed by atoms with Crippen LogP contribution in [0.15, 0.2) is 24.3 Å². The molecule has 7 heteroatoms. The maximum Gasteiger partial charge on any atom is 0.279 e. The Morgan fingerprint density at radius 3 is 2.67 bits per heavy atom. The Kier molecular flexibility index (Phi) is 5.67. The van der Waals surface area contributed by atoms with Gasteiger partial charge in [0, 0.05) is 7.05 Å². The number of amides is 1. The maximum absolute atomic E-state index is 11.6. The molecular weight excluding hydrogens is 274 g/mol. The number of thiocarbonyl (C=S) groups is 1. The van der Waals surface area contributed by atoms with Gasteiger partial charge in [0.1, 0.15) is 5.75 Å². The van der Waals surface area contributed by atoms with Gasteiger partial charge < -0.3 is 10.1 Å². The molecule has 3 N–H and O–H groups in total. The number of nitrogens with one attached hydrogen (secondary N) is 3. The molecule has 0 fully saturated rings. The zero-order valence-corrected chi connectivity index (χ0v) is 11.6. The summed E-state index contributed by atoms with van der Waals surface area (Å²) in [7, 11) is 1.64. The first-order valence-corrected chi connectivity index (χ1v) is 6.02. The minimum atomic E-state index is -0.697. The highest BCUT2D eigenvalue weighted by molar-refractivity contribution is 7.80. The Balaban J connectivity index is 2.50. The highest BCUT2D eigenvalue weighted by Gasteiger charge is 2.15. The average Bonchev–Trinajstić information content (AvgIpc) is 2.38. The Bertz CT molecular complexity index is 442. The van der Waals surface area contributed by atoms with E-state index in [1.54, 1.807) is 38.2 Å². The molecule has 0 aliphatic heterocycles. The van der Waals surface area contributed by atoms with Crippen molar-refractivity contribution in [2.24, 2.45) is 0 Å². The number of para-hydroxylation sites is 1. The number of hydrogen-bond donors (Lipinski definition) is 3. The number of rotatable bonds is 3. The minimum absolute atomic E-state index is 0.313. The van der Waals surface area contributed by atoms with Crippen LogP contribution in [0.3, 0.4) is 0 Å². The van der Waals surface area contributed by atoms with E-state index < -0.39 is 6.10 Å². The van der Waals surface area contributed by atoms with E-state index in [-0.39, 0.29) is 5.91 Å². The normalized spacial score (nSPS) is 11.3. The number of hydrogen-bond acceptors (Lipinski definition) is 3. The molecule has 0 unspecified atom stereocenters. The lowest BCUT2D eigenvalue weighted by Gasteiger charge is -2.16. The van der Waals surface area contributed by atoms with Crippen LogP contribution in [0.4, 0.5) is 0 Å². The van der Waals surface area contributed by atoms with Crippen molar-refractivity contribution < 1.29 is 9.53 Å². The van der Waals surface area contributed by atoms with Crippen LogP contribution in [0.1, 0.15) is 6.92 Å². The highest BCUT2D eigenvalue weighted by Crippen LogP contribution is 2.24. The third-order valence-corrected chi connectivity index (χ3v) is 2.65. The Morgan fingerprint density at radius 1 is 1.39 bits per heavy atom. The van der Waals surface area contributed by atoms with Gasteiger partial charge in [0.05, 0.1) is 5.02 Å². The maximum atomic E-state index is 11.6. The van der Waals surface area contributed by atoms with E-state index in [2.05, 4.69) is 16.2 Å². The Labute approximate surface area is 116 Å². The third-order valence-electron chi connectivity index (χ3n) is 2.04. The molecule has 0 spiro atoms. The first-order valence-electron chi connectivity index (χ1n) is 5.23. The van der Waals surface area contributed by atoms with Gasteiger partial charge in [-0.05, 0) is 31.3 Å². The van der Waals surface area contributed by atoms with E-state index >= 15 is 0 Å².